The van der Waals surface area contributed by atoms with Crippen LogP contribution >= 0.6 is 0 Å². The molecule has 1 heterocycles. The van der Waals surface area contributed by atoms with Gasteiger partial charge >= 0.3 is 0 Å². The van der Waals surface area contributed by atoms with E-state index >= 15 is 0 Å². The molecule has 2 aromatic rings. The third-order valence-corrected chi connectivity index (χ3v) is 6.75. The van der Waals surface area contributed by atoms with Crippen molar-refractivity contribution >= 4 is 15.7 Å². The number of sulfonamides is 1. The zero-order chi connectivity index (χ0) is 17.5. The molecular weight excluding hydrogens is 322 g/mol. The lowest BCUT2D eigenvalue weighted by Crippen LogP contribution is -2.30. The topological polar surface area (TPSA) is 46.6 Å². The lowest BCUT2D eigenvalue weighted by atomic mass is 10.1. The van der Waals surface area contributed by atoms with Crippen molar-refractivity contribution in [3.63, 3.8) is 0 Å². The van der Waals surface area contributed by atoms with Crippen LogP contribution in [0.25, 0.3) is 0 Å². The summed E-state index contributed by atoms with van der Waals surface area (Å²) in [6, 6.07) is 9.70. The zero-order valence-electron chi connectivity index (χ0n) is 14.6. The first-order valence-corrected chi connectivity index (χ1v) is 9.62. The molecule has 1 aliphatic rings. The molecule has 0 radical (unpaired) electrons. The molecule has 0 N–H and O–H groups in total. The molecule has 0 amide bonds. The first-order chi connectivity index (χ1) is 11.4. The van der Waals surface area contributed by atoms with Crippen molar-refractivity contribution in [2.75, 3.05) is 18.0 Å². The van der Waals surface area contributed by atoms with Crippen LogP contribution in [0.2, 0.25) is 0 Å². The van der Waals surface area contributed by atoms with Gasteiger partial charge in [0.2, 0.25) is 0 Å². The highest BCUT2D eigenvalue weighted by Gasteiger charge is 2.33. The second-order valence-corrected chi connectivity index (χ2v) is 8.03. The van der Waals surface area contributed by atoms with Gasteiger partial charge < -0.3 is 4.74 Å². The zero-order valence-corrected chi connectivity index (χ0v) is 15.4. The molecule has 3 rings (SSSR count). The third kappa shape index (κ3) is 2.67. The smallest absolute Gasteiger partial charge is 0.264 e. The predicted octanol–water partition coefficient (Wildman–Crippen LogP) is 3.63. The van der Waals surface area contributed by atoms with Crippen LogP contribution in [0.15, 0.2) is 35.2 Å². The van der Waals surface area contributed by atoms with Crippen LogP contribution < -0.4 is 9.04 Å². The van der Waals surface area contributed by atoms with Crippen molar-refractivity contribution < 1.29 is 13.2 Å². The van der Waals surface area contributed by atoms with Gasteiger partial charge in [0, 0.05) is 6.54 Å². The Morgan fingerprint density at radius 2 is 1.79 bits per heavy atom. The number of anilines is 1. The van der Waals surface area contributed by atoms with E-state index in [1.54, 1.807) is 23.5 Å². The van der Waals surface area contributed by atoms with Gasteiger partial charge in [-0.2, -0.15) is 0 Å². The lowest BCUT2D eigenvalue weighted by Gasteiger charge is -2.23. The van der Waals surface area contributed by atoms with E-state index in [0.717, 1.165) is 29.7 Å². The Balaban J connectivity index is 2.12. The molecule has 0 unspecified atom stereocenters. The molecule has 4 nitrogen and oxygen atoms in total. The van der Waals surface area contributed by atoms with E-state index in [0.29, 0.717) is 28.3 Å². The minimum atomic E-state index is -3.59. The van der Waals surface area contributed by atoms with E-state index < -0.39 is 10.0 Å². The van der Waals surface area contributed by atoms with Gasteiger partial charge in [0.1, 0.15) is 5.75 Å². The summed E-state index contributed by atoms with van der Waals surface area (Å²) < 4.78 is 33.5. The summed E-state index contributed by atoms with van der Waals surface area (Å²) in [5.41, 5.74) is 4.50. The molecule has 0 bridgehead atoms. The van der Waals surface area contributed by atoms with Crippen LogP contribution in [0.3, 0.4) is 0 Å². The predicted molar refractivity (Wildman–Crippen MR) is 96.5 cm³/mol. The first kappa shape index (κ1) is 16.8. The Hall–Kier alpha value is -2.01. The van der Waals surface area contributed by atoms with Gasteiger partial charge in [-0.05, 0) is 67.1 Å². The fraction of sp³-hybridized carbons (Fsp3) is 0.368. The highest BCUT2D eigenvalue weighted by atomic mass is 32.2. The summed E-state index contributed by atoms with van der Waals surface area (Å²) in [6.45, 7) is 6.22. The van der Waals surface area contributed by atoms with Gasteiger partial charge in [-0.25, -0.2) is 8.42 Å². The van der Waals surface area contributed by atoms with Crippen molar-refractivity contribution in [1.29, 1.82) is 0 Å². The van der Waals surface area contributed by atoms with Crippen LogP contribution in [-0.4, -0.2) is 22.1 Å². The van der Waals surface area contributed by atoms with Crippen LogP contribution in [0.1, 0.15) is 29.2 Å². The summed E-state index contributed by atoms with van der Waals surface area (Å²) in [6.07, 6.45) is 1.65. The number of aryl methyl sites for hydroxylation is 3. The molecule has 2 aromatic carbocycles. The van der Waals surface area contributed by atoms with E-state index in [1.165, 1.54) is 0 Å². The molecule has 0 saturated heterocycles. The number of ether oxygens (including phenoxy) is 1. The standard InChI is InChI=1S/C19H23NO3S/c1-5-15-6-7-16-8-9-20(18(16)12-15)24(21,22)19-13(2)10-17(23-4)11-14(19)3/h6-7,10-12H,5,8-9H2,1-4H3. The normalized spacial score (nSPS) is 13.9. The number of hydrogen-bond acceptors (Lipinski definition) is 3. The largest absolute Gasteiger partial charge is 0.497 e. The lowest BCUT2D eigenvalue weighted by molar-refractivity contribution is 0.413. The minimum absolute atomic E-state index is 0.387. The summed E-state index contributed by atoms with van der Waals surface area (Å²) >= 11 is 0. The van der Waals surface area contributed by atoms with Crippen LogP contribution in [0.5, 0.6) is 5.75 Å². The third-order valence-electron chi connectivity index (χ3n) is 4.63. The van der Waals surface area contributed by atoms with E-state index in [1.807, 2.05) is 19.9 Å². The monoisotopic (exact) mass is 345 g/mol. The maximum Gasteiger partial charge on any atom is 0.264 e. The molecule has 24 heavy (non-hydrogen) atoms. The maximum absolute atomic E-state index is 13.3. The molecule has 0 fully saturated rings. The van der Waals surface area contributed by atoms with E-state index in [4.69, 9.17) is 4.74 Å². The second kappa shape index (κ2) is 6.13. The Kier molecular flexibility index (Phi) is 4.30. The van der Waals surface area contributed by atoms with Crippen molar-refractivity contribution in [1.82, 2.24) is 0 Å². The molecule has 128 valence electrons. The van der Waals surface area contributed by atoms with E-state index in [9.17, 15) is 8.42 Å². The van der Waals surface area contributed by atoms with Gasteiger partial charge in [-0.1, -0.05) is 19.1 Å². The molecule has 0 atom stereocenters. The Morgan fingerprint density at radius 3 is 2.38 bits per heavy atom. The number of fused-ring (bicyclic) bond motifs is 1. The highest BCUT2D eigenvalue weighted by Crippen LogP contribution is 2.36. The Bertz CT molecular complexity index is 864. The van der Waals surface area contributed by atoms with Crippen LogP contribution in [0.4, 0.5) is 5.69 Å². The quantitative estimate of drug-likeness (QED) is 0.850. The van der Waals surface area contributed by atoms with Crippen molar-refractivity contribution in [3.8, 4) is 5.75 Å². The maximum atomic E-state index is 13.3. The molecule has 0 saturated carbocycles. The molecule has 1 aliphatic heterocycles. The molecule has 5 heteroatoms. The van der Waals surface area contributed by atoms with Gasteiger partial charge in [0.15, 0.2) is 0 Å². The number of nitrogens with zero attached hydrogens (tertiary/aromatic N) is 1. The van der Waals surface area contributed by atoms with Crippen molar-refractivity contribution in [3.05, 3.63) is 52.6 Å². The average Bonchev–Trinajstić information content (AvgIpc) is 2.97. The number of methoxy groups -OCH3 is 1. The molecule has 0 spiro atoms. The summed E-state index contributed by atoms with van der Waals surface area (Å²) in [5, 5.41) is 0. The first-order valence-electron chi connectivity index (χ1n) is 8.18. The number of hydrogen-bond donors (Lipinski definition) is 0. The highest BCUT2D eigenvalue weighted by molar-refractivity contribution is 7.93. The molecular formula is C19H23NO3S. The summed E-state index contributed by atoms with van der Waals surface area (Å²) in [4.78, 5) is 0.387. The van der Waals surface area contributed by atoms with E-state index in [2.05, 4.69) is 19.1 Å². The second-order valence-electron chi connectivity index (χ2n) is 6.23. The number of benzene rings is 2. The number of rotatable bonds is 4. The Morgan fingerprint density at radius 1 is 1.12 bits per heavy atom. The van der Waals surface area contributed by atoms with E-state index in [-0.39, 0.29) is 0 Å². The molecule has 0 aromatic heterocycles. The molecule has 0 aliphatic carbocycles. The van der Waals surface area contributed by atoms with Gasteiger partial charge in [-0.15, -0.1) is 0 Å². The fourth-order valence-electron chi connectivity index (χ4n) is 3.41. The minimum Gasteiger partial charge on any atom is -0.497 e. The van der Waals surface area contributed by atoms with Crippen LogP contribution in [0, 0.1) is 13.8 Å². The van der Waals surface area contributed by atoms with Crippen molar-refractivity contribution in [2.45, 2.75) is 38.5 Å². The van der Waals surface area contributed by atoms with Crippen molar-refractivity contribution in [2.24, 2.45) is 0 Å². The fourth-order valence-corrected chi connectivity index (χ4v) is 5.32. The Labute approximate surface area is 144 Å². The van der Waals surface area contributed by atoms with Gasteiger partial charge in [0.25, 0.3) is 10.0 Å². The van der Waals surface area contributed by atoms with Gasteiger partial charge in [-0.3, -0.25) is 4.31 Å². The summed E-state index contributed by atoms with van der Waals surface area (Å²) in [7, 11) is -2.00. The SMILES string of the molecule is CCc1ccc2c(c1)N(S(=O)(=O)c1c(C)cc(OC)cc1C)CC2. The summed E-state index contributed by atoms with van der Waals surface area (Å²) in [5.74, 6) is 0.680. The average molecular weight is 345 g/mol. The van der Waals surface area contributed by atoms with Crippen LogP contribution in [-0.2, 0) is 22.9 Å². The van der Waals surface area contributed by atoms with Gasteiger partial charge in [0.05, 0.1) is 17.7 Å².